The largest absolute Gasteiger partial charge is 0.0623 e. The van der Waals surface area contributed by atoms with E-state index in [0.29, 0.717) is 11.8 Å². The van der Waals surface area contributed by atoms with Crippen LogP contribution < -0.4 is 0 Å². The highest BCUT2D eigenvalue weighted by molar-refractivity contribution is 4.63. The smallest absolute Gasteiger partial charge is 0.0417 e. The van der Waals surface area contributed by atoms with Crippen molar-refractivity contribution in [2.75, 3.05) is 0 Å². The van der Waals surface area contributed by atoms with Crippen molar-refractivity contribution in [3.63, 3.8) is 0 Å². The summed E-state index contributed by atoms with van der Waals surface area (Å²) >= 11 is 0. The Bertz CT molecular complexity index is 37.3. The van der Waals surface area contributed by atoms with Gasteiger partial charge in [0.15, 0.2) is 0 Å². The minimum absolute atomic E-state index is 0.553. The summed E-state index contributed by atoms with van der Waals surface area (Å²) in [4.78, 5) is 0. The van der Waals surface area contributed by atoms with Crippen LogP contribution in [0.2, 0.25) is 0 Å². The van der Waals surface area contributed by atoms with E-state index in [9.17, 15) is 0 Å². The Morgan fingerprint density at radius 2 is 1.86 bits per heavy atom. The van der Waals surface area contributed by atoms with Gasteiger partial charge in [-0.15, -0.1) is 0 Å². The third-order valence-corrected chi connectivity index (χ3v) is 1.43. The lowest BCUT2D eigenvalue weighted by atomic mass is 9.96. The first-order valence-corrected chi connectivity index (χ1v) is 2.80. The molecule has 0 aromatic heterocycles. The van der Waals surface area contributed by atoms with Crippen molar-refractivity contribution in [1.82, 2.24) is 0 Å². The minimum Gasteiger partial charge on any atom is -0.0623 e. The van der Waals surface area contributed by atoms with Gasteiger partial charge in [-0.2, -0.15) is 0 Å². The molecule has 0 N–H and O–H groups in total. The molecule has 0 heteroatoms. The number of rotatable bonds is 2. The zero-order valence-corrected chi connectivity index (χ0v) is 5.28. The van der Waals surface area contributed by atoms with Gasteiger partial charge in [0.05, 0.1) is 0 Å². The summed E-state index contributed by atoms with van der Waals surface area (Å²) in [6, 6.07) is 0. The van der Waals surface area contributed by atoms with Crippen LogP contribution in [-0.2, 0) is 0 Å². The molecule has 0 bridgehead atoms. The maximum Gasteiger partial charge on any atom is -0.0417 e. The molecule has 0 nitrogen and oxygen atoms in total. The summed E-state index contributed by atoms with van der Waals surface area (Å²) in [7, 11) is 0. The summed E-state index contributed by atoms with van der Waals surface area (Å²) in [6.07, 6.45) is 1.00. The molecule has 0 aromatic carbocycles. The first-order chi connectivity index (χ1) is 3.18. The normalized spacial score (nSPS) is 15.0. The van der Waals surface area contributed by atoms with Gasteiger partial charge < -0.3 is 0 Å². The first-order valence-electron chi connectivity index (χ1n) is 2.80. The number of hydrogen-bond acceptors (Lipinski definition) is 0. The Morgan fingerprint density at radius 3 is 1.86 bits per heavy atom. The molecule has 7 heavy (non-hydrogen) atoms. The topological polar surface area (TPSA) is 0 Å². The molecule has 0 heterocycles. The van der Waals surface area contributed by atoms with Gasteiger partial charge in [0, 0.05) is 0 Å². The highest BCUT2D eigenvalue weighted by atomic mass is 14.1. The van der Waals surface area contributed by atoms with E-state index in [1.807, 2.05) is 0 Å². The average molecular weight is 98.2 g/mol. The third kappa shape index (κ3) is 2.67. The quantitative estimate of drug-likeness (QED) is 0.497. The predicted octanol–water partition coefficient (Wildman–Crippen LogP) is 2.32. The Balaban J connectivity index is 3.14. The SMILES string of the molecule is [CH2]CC(C)C([CH2])C. The van der Waals surface area contributed by atoms with Gasteiger partial charge in [-0.1, -0.05) is 34.1 Å². The average Bonchev–Trinajstić information content (AvgIpc) is 1.65. The molecule has 0 rings (SSSR count). The predicted molar refractivity (Wildman–Crippen MR) is 33.7 cm³/mol. The Morgan fingerprint density at radius 1 is 1.43 bits per heavy atom. The summed E-state index contributed by atoms with van der Waals surface area (Å²) in [5, 5.41) is 0. The van der Waals surface area contributed by atoms with Gasteiger partial charge in [0.25, 0.3) is 0 Å². The zero-order valence-electron chi connectivity index (χ0n) is 5.28. The molecule has 2 radical (unpaired) electrons. The van der Waals surface area contributed by atoms with Crippen LogP contribution in [0.4, 0.5) is 0 Å². The molecule has 0 aliphatic carbocycles. The molecular formula is C7H14. The molecule has 0 aliphatic heterocycles. The maximum atomic E-state index is 3.87. The van der Waals surface area contributed by atoms with E-state index in [1.54, 1.807) is 0 Å². The molecule has 0 aliphatic rings. The second-order valence-electron chi connectivity index (χ2n) is 2.24. The van der Waals surface area contributed by atoms with E-state index in [4.69, 9.17) is 0 Å². The van der Waals surface area contributed by atoms with Crippen molar-refractivity contribution in [3.05, 3.63) is 13.8 Å². The van der Waals surface area contributed by atoms with Crippen LogP contribution in [0.15, 0.2) is 0 Å². The van der Waals surface area contributed by atoms with Crippen molar-refractivity contribution >= 4 is 0 Å². The molecule has 0 fully saturated rings. The maximum absolute atomic E-state index is 3.87. The monoisotopic (exact) mass is 98.1 g/mol. The molecule has 2 atom stereocenters. The molecule has 0 saturated heterocycles. The summed E-state index contributed by atoms with van der Waals surface area (Å²) in [6.45, 7) is 11.9. The van der Waals surface area contributed by atoms with Crippen LogP contribution in [0, 0.1) is 25.7 Å². The second-order valence-corrected chi connectivity index (χ2v) is 2.24. The molecule has 0 saturated carbocycles. The molecule has 2 unspecified atom stereocenters. The highest BCUT2D eigenvalue weighted by Gasteiger charge is 2.01. The standard InChI is InChI=1S/C7H14/c1-5-7(4)6(2)3/h6-7H,1-2,5H2,3-4H3. The Hall–Kier alpha value is 0. The fraction of sp³-hybridized carbons (Fsp3) is 0.714. The van der Waals surface area contributed by atoms with Crippen molar-refractivity contribution in [2.24, 2.45) is 11.8 Å². The van der Waals surface area contributed by atoms with Crippen molar-refractivity contribution in [1.29, 1.82) is 0 Å². The molecule has 0 aromatic rings. The summed E-state index contributed by atoms with van der Waals surface area (Å²) < 4.78 is 0. The van der Waals surface area contributed by atoms with Crippen LogP contribution in [0.25, 0.3) is 0 Å². The first kappa shape index (κ1) is 7.00. The zero-order chi connectivity index (χ0) is 5.86. The van der Waals surface area contributed by atoms with Crippen molar-refractivity contribution in [2.45, 2.75) is 20.3 Å². The Kier molecular flexibility index (Phi) is 3.06. The molecule has 0 amide bonds. The van der Waals surface area contributed by atoms with E-state index < -0.39 is 0 Å². The van der Waals surface area contributed by atoms with Gasteiger partial charge in [-0.25, -0.2) is 0 Å². The van der Waals surface area contributed by atoms with E-state index >= 15 is 0 Å². The van der Waals surface area contributed by atoms with Crippen molar-refractivity contribution < 1.29 is 0 Å². The highest BCUT2D eigenvalue weighted by Crippen LogP contribution is 2.11. The fourth-order valence-electron chi connectivity index (χ4n) is 0.285. The van der Waals surface area contributed by atoms with Crippen molar-refractivity contribution in [3.8, 4) is 0 Å². The fourth-order valence-corrected chi connectivity index (χ4v) is 0.285. The van der Waals surface area contributed by atoms with E-state index in [0.717, 1.165) is 6.42 Å². The lowest BCUT2D eigenvalue weighted by Crippen LogP contribution is -2.00. The van der Waals surface area contributed by atoms with Crippen LogP contribution in [0.1, 0.15) is 20.3 Å². The lowest BCUT2D eigenvalue weighted by molar-refractivity contribution is 0.461. The van der Waals surface area contributed by atoms with Gasteiger partial charge >= 0.3 is 0 Å². The van der Waals surface area contributed by atoms with E-state index in [1.165, 1.54) is 0 Å². The van der Waals surface area contributed by atoms with Gasteiger partial charge in [-0.3, -0.25) is 0 Å². The van der Waals surface area contributed by atoms with E-state index in [2.05, 4.69) is 27.7 Å². The number of hydrogen-bond donors (Lipinski definition) is 0. The van der Waals surface area contributed by atoms with Gasteiger partial charge in [0.2, 0.25) is 0 Å². The molecule has 0 spiro atoms. The van der Waals surface area contributed by atoms with Gasteiger partial charge in [0.1, 0.15) is 0 Å². The second kappa shape index (κ2) is 3.06. The van der Waals surface area contributed by atoms with Crippen LogP contribution >= 0.6 is 0 Å². The van der Waals surface area contributed by atoms with Crippen LogP contribution in [-0.4, -0.2) is 0 Å². The minimum atomic E-state index is 0.553. The third-order valence-electron chi connectivity index (χ3n) is 1.43. The van der Waals surface area contributed by atoms with Gasteiger partial charge in [-0.05, 0) is 11.8 Å². The van der Waals surface area contributed by atoms with Crippen LogP contribution in [0.5, 0.6) is 0 Å². The van der Waals surface area contributed by atoms with E-state index in [-0.39, 0.29) is 0 Å². The van der Waals surface area contributed by atoms with Crippen LogP contribution in [0.3, 0.4) is 0 Å². The molecular weight excluding hydrogens is 84.1 g/mol. The summed E-state index contributed by atoms with van der Waals surface area (Å²) in [5.41, 5.74) is 0. The summed E-state index contributed by atoms with van der Waals surface area (Å²) in [5.74, 6) is 1.23. The lowest BCUT2D eigenvalue weighted by Gasteiger charge is -2.10. The Labute approximate surface area is 46.9 Å². The molecule has 42 valence electrons.